The van der Waals surface area contributed by atoms with Gasteiger partial charge in [0, 0.05) is 24.2 Å². The summed E-state index contributed by atoms with van der Waals surface area (Å²) in [4.78, 5) is 21.8. The van der Waals surface area contributed by atoms with Gasteiger partial charge in [0.1, 0.15) is 0 Å². The van der Waals surface area contributed by atoms with Crippen LogP contribution < -0.4 is 11.1 Å². The molecule has 5 nitrogen and oxygen atoms in total. The fraction of sp³-hybridized carbons (Fsp3) is 0.556. The highest BCUT2D eigenvalue weighted by Crippen LogP contribution is 1.97. The summed E-state index contributed by atoms with van der Waals surface area (Å²) in [7, 11) is 1.24. The monoisotopic (exact) mass is 200 g/mol. The second-order valence-corrected chi connectivity index (χ2v) is 3.43. The van der Waals surface area contributed by atoms with Crippen LogP contribution in [0.2, 0.25) is 0 Å². The Morgan fingerprint density at radius 2 is 2.00 bits per heavy atom. The normalized spacial score (nSPS) is 11.4. The van der Waals surface area contributed by atoms with Crippen LogP contribution >= 0.6 is 0 Å². The zero-order valence-corrected chi connectivity index (χ0v) is 8.66. The van der Waals surface area contributed by atoms with Crippen LogP contribution in [0.5, 0.6) is 0 Å². The van der Waals surface area contributed by atoms with E-state index < -0.39 is 11.5 Å². The van der Waals surface area contributed by atoms with E-state index in [0.29, 0.717) is 6.54 Å². The van der Waals surface area contributed by atoms with Crippen LogP contribution in [-0.2, 0) is 14.3 Å². The first kappa shape index (κ1) is 12.6. The van der Waals surface area contributed by atoms with Gasteiger partial charge in [0.2, 0.25) is 5.91 Å². The molecule has 0 bridgehead atoms. The van der Waals surface area contributed by atoms with E-state index in [4.69, 9.17) is 5.73 Å². The number of carbonyl (C=O) groups excluding carboxylic acids is 2. The fourth-order valence-corrected chi connectivity index (χ4v) is 0.638. The van der Waals surface area contributed by atoms with Crippen molar-refractivity contribution in [2.45, 2.75) is 19.4 Å². The van der Waals surface area contributed by atoms with Crippen molar-refractivity contribution < 1.29 is 14.3 Å². The largest absolute Gasteiger partial charge is 0.466 e. The second-order valence-electron chi connectivity index (χ2n) is 3.43. The lowest BCUT2D eigenvalue weighted by molar-refractivity contribution is -0.135. The molecule has 0 atom stereocenters. The van der Waals surface area contributed by atoms with Crippen molar-refractivity contribution in [3.63, 3.8) is 0 Å². The molecular formula is C9H16N2O3. The van der Waals surface area contributed by atoms with Crippen LogP contribution in [0.1, 0.15) is 13.8 Å². The van der Waals surface area contributed by atoms with Crippen molar-refractivity contribution in [2.24, 2.45) is 5.73 Å². The van der Waals surface area contributed by atoms with Gasteiger partial charge in [-0.1, -0.05) is 0 Å². The van der Waals surface area contributed by atoms with Crippen LogP contribution in [0, 0.1) is 0 Å². The van der Waals surface area contributed by atoms with Crippen molar-refractivity contribution in [3.8, 4) is 0 Å². The van der Waals surface area contributed by atoms with Crippen molar-refractivity contribution >= 4 is 11.9 Å². The van der Waals surface area contributed by atoms with Gasteiger partial charge in [-0.2, -0.15) is 0 Å². The molecule has 0 aliphatic carbocycles. The maximum absolute atomic E-state index is 11.2. The molecule has 80 valence electrons. The molecule has 0 aromatic heterocycles. The third-order valence-electron chi connectivity index (χ3n) is 1.54. The molecule has 3 N–H and O–H groups in total. The summed E-state index contributed by atoms with van der Waals surface area (Å²) in [5, 5.41) is 2.63. The topological polar surface area (TPSA) is 81.4 Å². The van der Waals surface area contributed by atoms with Gasteiger partial charge >= 0.3 is 5.97 Å². The van der Waals surface area contributed by atoms with Gasteiger partial charge in [-0.05, 0) is 13.8 Å². The first-order valence-corrected chi connectivity index (χ1v) is 4.19. The van der Waals surface area contributed by atoms with E-state index in [2.05, 4.69) is 10.1 Å². The molecule has 0 aliphatic rings. The molecule has 0 spiro atoms. The fourth-order valence-electron chi connectivity index (χ4n) is 0.638. The van der Waals surface area contributed by atoms with Crippen LogP contribution in [0.15, 0.2) is 12.2 Å². The van der Waals surface area contributed by atoms with E-state index in [0.717, 1.165) is 12.2 Å². The molecule has 14 heavy (non-hydrogen) atoms. The third-order valence-corrected chi connectivity index (χ3v) is 1.54. The van der Waals surface area contributed by atoms with Crippen LogP contribution in [0.25, 0.3) is 0 Å². The number of esters is 1. The van der Waals surface area contributed by atoms with E-state index >= 15 is 0 Å². The minimum atomic E-state index is -0.564. The minimum Gasteiger partial charge on any atom is -0.466 e. The highest BCUT2D eigenvalue weighted by atomic mass is 16.5. The first-order valence-electron chi connectivity index (χ1n) is 4.19. The molecule has 5 heteroatoms. The molecule has 0 rings (SSSR count). The predicted molar refractivity (Wildman–Crippen MR) is 52.4 cm³/mol. The predicted octanol–water partition coefficient (Wildman–Crippen LogP) is -0.431. The molecule has 0 aliphatic heterocycles. The minimum absolute atomic E-state index is 0.324. The Hall–Kier alpha value is -1.36. The van der Waals surface area contributed by atoms with Gasteiger partial charge in [0.25, 0.3) is 0 Å². The zero-order chi connectivity index (χ0) is 11.2. The molecule has 0 heterocycles. The Balaban J connectivity index is 4.11. The zero-order valence-electron chi connectivity index (χ0n) is 8.66. The van der Waals surface area contributed by atoms with Crippen LogP contribution in [0.4, 0.5) is 0 Å². The lowest BCUT2D eigenvalue weighted by atomic mass is 10.1. The molecular weight excluding hydrogens is 184 g/mol. The number of hydrogen-bond acceptors (Lipinski definition) is 4. The highest BCUT2D eigenvalue weighted by molar-refractivity contribution is 5.94. The number of methoxy groups -OCH3 is 1. The van der Waals surface area contributed by atoms with Gasteiger partial charge in [-0.25, -0.2) is 4.79 Å². The average molecular weight is 200 g/mol. The standard InChI is InChI=1S/C9H16N2O3/c1-9(2,6-10)11-7(12)4-5-8(13)14-3/h4-5H,6,10H2,1-3H3,(H,11,12). The Bertz CT molecular complexity index is 246. The maximum Gasteiger partial charge on any atom is 0.330 e. The summed E-state index contributed by atoms with van der Waals surface area (Å²) >= 11 is 0. The lowest BCUT2D eigenvalue weighted by Gasteiger charge is -2.22. The SMILES string of the molecule is COC(=O)C=CC(=O)NC(C)(C)CN. The Labute approximate surface area is 83.3 Å². The van der Waals surface area contributed by atoms with Gasteiger partial charge in [-0.15, -0.1) is 0 Å². The maximum atomic E-state index is 11.2. The molecule has 0 saturated heterocycles. The van der Waals surface area contributed by atoms with E-state index in [9.17, 15) is 9.59 Å². The Kier molecular flexibility index (Phi) is 4.86. The smallest absolute Gasteiger partial charge is 0.330 e. The number of nitrogens with one attached hydrogen (secondary N) is 1. The quantitative estimate of drug-likeness (QED) is 0.476. The Morgan fingerprint density at radius 1 is 1.43 bits per heavy atom. The summed E-state index contributed by atoms with van der Waals surface area (Å²) in [5.41, 5.74) is 4.93. The number of rotatable bonds is 4. The van der Waals surface area contributed by atoms with E-state index in [1.54, 1.807) is 13.8 Å². The molecule has 0 unspecified atom stereocenters. The van der Waals surface area contributed by atoms with E-state index in [1.165, 1.54) is 7.11 Å². The molecule has 1 amide bonds. The lowest BCUT2D eigenvalue weighted by Crippen LogP contribution is -2.48. The number of carbonyl (C=O) groups is 2. The summed E-state index contributed by atoms with van der Waals surface area (Å²) in [5.74, 6) is -0.934. The highest BCUT2D eigenvalue weighted by Gasteiger charge is 2.16. The van der Waals surface area contributed by atoms with Crippen molar-refractivity contribution in [1.82, 2.24) is 5.32 Å². The summed E-state index contributed by atoms with van der Waals surface area (Å²) in [6, 6.07) is 0. The molecule has 0 radical (unpaired) electrons. The molecule has 0 saturated carbocycles. The molecule has 0 aromatic carbocycles. The third kappa shape index (κ3) is 5.31. The van der Waals surface area contributed by atoms with Crippen LogP contribution in [-0.4, -0.2) is 31.1 Å². The van der Waals surface area contributed by atoms with Gasteiger partial charge in [-0.3, -0.25) is 4.79 Å². The number of ether oxygens (including phenoxy) is 1. The average Bonchev–Trinajstić information content (AvgIpc) is 2.13. The number of nitrogens with two attached hydrogens (primary N) is 1. The number of amides is 1. The van der Waals surface area contributed by atoms with Crippen molar-refractivity contribution in [3.05, 3.63) is 12.2 Å². The molecule has 0 aromatic rings. The second kappa shape index (κ2) is 5.39. The first-order chi connectivity index (χ1) is 6.41. The van der Waals surface area contributed by atoms with Gasteiger partial charge < -0.3 is 15.8 Å². The summed E-state index contributed by atoms with van der Waals surface area (Å²) < 4.78 is 4.33. The van der Waals surface area contributed by atoms with E-state index in [-0.39, 0.29) is 5.91 Å². The van der Waals surface area contributed by atoms with Crippen molar-refractivity contribution in [1.29, 1.82) is 0 Å². The van der Waals surface area contributed by atoms with Crippen LogP contribution in [0.3, 0.4) is 0 Å². The summed E-state index contributed by atoms with van der Waals surface area (Å²) in [6.07, 6.45) is 2.17. The Morgan fingerprint density at radius 3 is 2.43 bits per heavy atom. The summed E-state index contributed by atoms with van der Waals surface area (Å²) in [6.45, 7) is 3.90. The number of hydrogen-bond donors (Lipinski definition) is 2. The van der Waals surface area contributed by atoms with Gasteiger partial charge in [0.15, 0.2) is 0 Å². The van der Waals surface area contributed by atoms with Crippen molar-refractivity contribution in [2.75, 3.05) is 13.7 Å². The van der Waals surface area contributed by atoms with E-state index in [1.807, 2.05) is 0 Å². The van der Waals surface area contributed by atoms with Gasteiger partial charge in [0.05, 0.1) is 7.11 Å². The molecule has 0 fully saturated rings.